The number of anilines is 1. The highest BCUT2D eigenvalue weighted by molar-refractivity contribution is 7.99. The van der Waals surface area contributed by atoms with E-state index in [1.165, 1.54) is 20.4 Å². The number of hydrogen-bond donors (Lipinski definition) is 1. The highest BCUT2D eigenvalue weighted by Crippen LogP contribution is 2.34. The summed E-state index contributed by atoms with van der Waals surface area (Å²) in [5.41, 5.74) is 0.479. The van der Waals surface area contributed by atoms with Gasteiger partial charge in [-0.1, -0.05) is 0 Å². The second-order valence-corrected chi connectivity index (χ2v) is 6.96. The van der Waals surface area contributed by atoms with Crippen molar-refractivity contribution in [3.8, 4) is 0 Å². The molecule has 0 radical (unpaired) electrons. The largest absolute Gasteiger partial charge is 0.618 e. The molecule has 0 aliphatic carbocycles. The molecule has 8 nitrogen and oxygen atoms in total. The number of pyridine rings is 1. The molecule has 0 aromatic carbocycles. The van der Waals surface area contributed by atoms with Gasteiger partial charge in [0, 0.05) is 12.1 Å². The molecule has 0 atom stereocenters. The summed E-state index contributed by atoms with van der Waals surface area (Å²) in [5, 5.41) is 14.7. The lowest BCUT2D eigenvalue weighted by Gasteiger charge is -2.06. The van der Waals surface area contributed by atoms with Gasteiger partial charge < -0.3 is 20.0 Å². The zero-order valence-electron chi connectivity index (χ0n) is 14.2. The van der Waals surface area contributed by atoms with Crippen molar-refractivity contribution in [3.63, 3.8) is 0 Å². The topological polar surface area (TPSA) is 109 Å². The summed E-state index contributed by atoms with van der Waals surface area (Å²) in [4.78, 5) is 36.3. The summed E-state index contributed by atoms with van der Waals surface area (Å²) in [6.45, 7) is 1.57. The average Bonchev–Trinajstić information content (AvgIpc) is 2.95. The summed E-state index contributed by atoms with van der Waals surface area (Å²) in [6.07, 6.45) is 1.33. The van der Waals surface area contributed by atoms with Crippen LogP contribution in [-0.4, -0.2) is 37.8 Å². The third-order valence-corrected chi connectivity index (χ3v) is 5.51. The molecule has 0 fully saturated rings. The first-order valence-corrected chi connectivity index (χ1v) is 9.10. The SMILES string of the molecule is COC(=O)c1sc(NC(=O)CSc2cccc[n+]2[O-])c(C(=O)OC)c1C. The Bertz CT molecular complexity index is 849. The van der Waals surface area contributed by atoms with Gasteiger partial charge in [0.25, 0.3) is 5.03 Å². The Kier molecular flexibility index (Phi) is 6.58. The van der Waals surface area contributed by atoms with Gasteiger partial charge in [0.05, 0.1) is 25.5 Å². The Morgan fingerprint density at radius 3 is 2.54 bits per heavy atom. The fourth-order valence-corrected chi connectivity index (χ4v) is 3.91. The molecule has 0 unspecified atom stereocenters. The van der Waals surface area contributed by atoms with Crippen molar-refractivity contribution in [2.24, 2.45) is 0 Å². The van der Waals surface area contributed by atoms with E-state index in [9.17, 15) is 19.6 Å². The number of esters is 2. The third kappa shape index (κ3) is 4.33. The van der Waals surface area contributed by atoms with Gasteiger partial charge in [-0.2, -0.15) is 4.73 Å². The Morgan fingerprint density at radius 2 is 1.92 bits per heavy atom. The molecule has 1 amide bonds. The molecule has 2 rings (SSSR count). The average molecular weight is 396 g/mol. The lowest BCUT2D eigenvalue weighted by molar-refractivity contribution is -0.645. The highest BCUT2D eigenvalue weighted by Gasteiger charge is 2.26. The Morgan fingerprint density at radius 1 is 1.23 bits per heavy atom. The zero-order chi connectivity index (χ0) is 19.3. The normalized spacial score (nSPS) is 10.3. The Labute approximate surface area is 157 Å². The standard InChI is InChI=1S/C16H16N2O6S2/c1-9-12(15(20)23-2)14(26-13(9)16(21)24-3)17-10(19)8-25-11-6-4-5-7-18(11)22/h4-7H,8H2,1-3H3,(H,17,19). The van der Waals surface area contributed by atoms with Gasteiger partial charge in [0.15, 0.2) is 6.20 Å². The number of rotatable bonds is 6. The molecule has 2 aromatic rings. The predicted molar refractivity (Wildman–Crippen MR) is 96.5 cm³/mol. The van der Waals surface area contributed by atoms with E-state index >= 15 is 0 Å². The monoisotopic (exact) mass is 396 g/mol. The minimum Gasteiger partial charge on any atom is -0.618 e. The van der Waals surface area contributed by atoms with Crippen LogP contribution in [0.3, 0.4) is 0 Å². The second-order valence-electron chi connectivity index (χ2n) is 4.94. The first-order chi connectivity index (χ1) is 12.4. The number of ether oxygens (including phenoxy) is 2. The molecule has 0 aliphatic heterocycles. The van der Waals surface area contributed by atoms with Gasteiger partial charge in [-0.25, -0.2) is 9.59 Å². The molecule has 0 bridgehead atoms. The van der Waals surface area contributed by atoms with Crippen molar-refractivity contribution >= 4 is 45.9 Å². The summed E-state index contributed by atoms with van der Waals surface area (Å²) in [6, 6.07) is 4.87. The molecule has 0 saturated carbocycles. The number of carbonyl (C=O) groups is 3. The van der Waals surface area contributed by atoms with Crippen LogP contribution in [0, 0.1) is 12.1 Å². The molecule has 1 N–H and O–H groups in total. The van der Waals surface area contributed by atoms with E-state index < -0.39 is 17.8 Å². The number of nitrogens with one attached hydrogen (secondary N) is 1. The summed E-state index contributed by atoms with van der Waals surface area (Å²) < 4.78 is 10.1. The maximum atomic E-state index is 12.2. The summed E-state index contributed by atoms with van der Waals surface area (Å²) in [7, 11) is 2.44. The van der Waals surface area contributed by atoms with Crippen LogP contribution in [0.2, 0.25) is 0 Å². The molecule has 0 saturated heterocycles. The van der Waals surface area contributed by atoms with Crippen LogP contribution in [0.1, 0.15) is 25.6 Å². The number of methoxy groups -OCH3 is 2. The lowest BCUT2D eigenvalue weighted by atomic mass is 10.1. The Hall–Kier alpha value is -2.59. The number of thiophene rings is 1. The minimum atomic E-state index is -0.669. The number of nitrogens with zero attached hydrogens (tertiary/aromatic N) is 1. The smallest absolute Gasteiger partial charge is 0.348 e. The van der Waals surface area contributed by atoms with Crippen LogP contribution in [0.4, 0.5) is 5.00 Å². The molecule has 138 valence electrons. The molecule has 2 heterocycles. The van der Waals surface area contributed by atoms with Gasteiger partial charge in [-0.3, -0.25) is 4.79 Å². The van der Waals surface area contributed by atoms with E-state index in [2.05, 4.69) is 10.1 Å². The maximum Gasteiger partial charge on any atom is 0.348 e. The Balaban J connectivity index is 2.19. The van der Waals surface area contributed by atoms with E-state index in [0.717, 1.165) is 23.1 Å². The van der Waals surface area contributed by atoms with E-state index in [4.69, 9.17) is 4.74 Å². The van der Waals surface area contributed by atoms with Gasteiger partial charge in [0.2, 0.25) is 5.91 Å². The molecular weight excluding hydrogens is 380 g/mol. The van der Waals surface area contributed by atoms with Crippen LogP contribution in [0.5, 0.6) is 0 Å². The molecule has 10 heteroatoms. The summed E-state index contributed by atoms with van der Waals surface area (Å²) in [5.74, 6) is -1.75. The van der Waals surface area contributed by atoms with Gasteiger partial charge in [0.1, 0.15) is 9.88 Å². The number of carbonyl (C=O) groups excluding carboxylic acids is 3. The number of hydrogen-bond acceptors (Lipinski definition) is 8. The first kappa shape index (κ1) is 19.7. The van der Waals surface area contributed by atoms with E-state index in [0.29, 0.717) is 15.3 Å². The van der Waals surface area contributed by atoms with Gasteiger partial charge in [-0.05, 0) is 30.3 Å². The van der Waals surface area contributed by atoms with Crippen LogP contribution in [-0.2, 0) is 14.3 Å². The quantitative estimate of drug-likeness (QED) is 0.344. The fourth-order valence-electron chi connectivity index (χ4n) is 2.06. The highest BCUT2D eigenvalue weighted by atomic mass is 32.2. The fraction of sp³-hybridized carbons (Fsp3) is 0.250. The van der Waals surface area contributed by atoms with Gasteiger partial charge in [-0.15, -0.1) is 11.3 Å². The molecule has 0 aliphatic rings. The van der Waals surface area contributed by atoms with Crippen molar-refractivity contribution in [2.75, 3.05) is 25.3 Å². The molecule has 2 aromatic heterocycles. The minimum absolute atomic E-state index is 0.0443. The van der Waals surface area contributed by atoms with Crippen molar-refractivity contribution in [2.45, 2.75) is 11.9 Å². The van der Waals surface area contributed by atoms with E-state index in [1.54, 1.807) is 25.1 Å². The van der Waals surface area contributed by atoms with Crippen molar-refractivity contribution < 1.29 is 28.6 Å². The number of aromatic nitrogens is 1. The van der Waals surface area contributed by atoms with E-state index in [-0.39, 0.29) is 21.2 Å². The van der Waals surface area contributed by atoms with Gasteiger partial charge >= 0.3 is 11.9 Å². The second kappa shape index (κ2) is 8.68. The number of amides is 1. The van der Waals surface area contributed by atoms with Crippen molar-refractivity contribution in [1.29, 1.82) is 0 Å². The van der Waals surface area contributed by atoms with Crippen molar-refractivity contribution in [3.05, 3.63) is 45.6 Å². The molecule has 0 spiro atoms. The van der Waals surface area contributed by atoms with Crippen molar-refractivity contribution in [1.82, 2.24) is 0 Å². The maximum absolute atomic E-state index is 12.2. The number of thioether (sulfide) groups is 1. The first-order valence-electron chi connectivity index (χ1n) is 7.29. The summed E-state index contributed by atoms with van der Waals surface area (Å²) >= 11 is 1.98. The zero-order valence-corrected chi connectivity index (χ0v) is 15.9. The molecule has 26 heavy (non-hydrogen) atoms. The predicted octanol–water partition coefficient (Wildman–Crippen LogP) is 1.99. The van der Waals surface area contributed by atoms with Crippen LogP contribution in [0.15, 0.2) is 29.4 Å². The van der Waals surface area contributed by atoms with Crippen LogP contribution < -0.4 is 10.0 Å². The van der Waals surface area contributed by atoms with Crippen LogP contribution in [0.25, 0.3) is 0 Å². The lowest BCUT2D eigenvalue weighted by Crippen LogP contribution is -2.28. The van der Waals surface area contributed by atoms with Crippen LogP contribution >= 0.6 is 23.1 Å². The molecular formula is C16H16N2O6S2. The third-order valence-electron chi connectivity index (χ3n) is 3.30. The van der Waals surface area contributed by atoms with E-state index in [1.807, 2.05) is 0 Å².